The van der Waals surface area contributed by atoms with E-state index < -0.39 is 35.8 Å². The third-order valence-corrected chi connectivity index (χ3v) is 6.60. The Kier molecular flexibility index (Phi) is 6.86. The lowest BCUT2D eigenvalue weighted by atomic mass is 9.84. The topological polar surface area (TPSA) is 158 Å². The summed E-state index contributed by atoms with van der Waals surface area (Å²) in [5, 5.41) is 27.2. The number of carboxylic acid groups (broad SMARTS) is 1. The molecule has 2 aromatic rings. The van der Waals surface area contributed by atoms with E-state index in [0.717, 1.165) is 6.42 Å². The second-order valence-electron chi connectivity index (χ2n) is 8.69. The van der Waals surface area contributed by atoms with Crippen LogP contribution in [-0.2, 0) is 4.79 Å². The van der Waals surface area contributed by atoms with Crippen LogP contribution in [0.15, 0.2) is 30.5 Å². The van der Waals surface area contributed by atoms with E-state index in [1.165, 1.54) is 40.0 Å². The molecule has 0 bridgehead atoms. The van der Waals surface area contributed by atoms with Crippen molar-refractivity contribution in [2.75, 3.05) is 25.0 Å². The first-order chi connectivity index (χ1) is 16.8. The number of benzene rings is 1. The average Bonchev–Trinajstić information content (AvgIpc) is 3.44. The number of nitrogens with zero attached hydrogens (tertiary/aromatic N) is 5. The summed E-state index contributed by atoms with van der Waals surface area (Å²) >= 11 is 0. The normalized spacial score (nSPS) is 22.2. The van der Waals surface area contributed by atoms with E-state index in [2.05, 4.69) is 16.5 Å². The fourth-order valence-corrected chi connectivity index (χ4v) is 4.84. The van der Waals surface area contributed by atoms with E-state index in [4.69, 9.17) is 5.73 Å². The third kappa shape index (κ3) is 5.03. The summed E-state index contributed by atoms with van der Waals surface area (Å²) in [6.45, 7) is 1.16. The molecular weight excluding hydrogens is 457 g/mol. The molecule has 3 atom stereocenters. The van der Waals surface area contributed by atoms with Gasteiger partial charge in [-0.15, -0.1) is 0 Å². The number of halogens is 1. The molecule has 0 spiro atoms. The maximum absolute atomic E-state index is 13.3. The molecule has 4 rings (SSSR count). The van der Waals surface area contributed by atoms with E-state index in [9.17, 15) is 29.1 Å². The molecule has 1 aromatic heterocycles. The van der Waals surface area contributed by atoms with Crippen LogP contribution in [0.1, 0.15) is 42.1 Å². The SMILES string of the molecule is N#C[C@H]1C(CCN2CCCC2=O)N(C(=O)O)CC[C@@H]1n1cc(C(N)=O)c(Nc2ccc(F)cc2)n1. The molecule has 2 aliphatic rings. The Morgan fingerprint density at radius 1 is 1.29 bits per heavy atom. The van der Waals surface area contributed by atoms with Gasteiger partial charge in [0.2, 0.25) is 5.91 Å². The number of hydrogen-bond acceptors (Lipinski definition) is 6. The summed E-state index contributed by atoms with van der Waals surface area (Å²) in [5.74, 6) is -1.73. The van der Waals surface area contributed by atoms with Crippen LogP contribution in [0.25, 0.3) is 0 Å². The molecule has 2 saturated heterocycles. The van der Waals surface area contributed by atoms with Gasteiger partial charge in [0.1, 0.15) is 11.4 Å². The van der Waals surface area contributed by atoms with Gasteiger partial charge in [-0.2, -0.15) is 10.4 Å². The summed E-state index contributed by atoms with van der Waals surface area (Å²) in [6, 6.07) is 6.55. The van der Waals surface area contributed by atoms with Gasteiger partial charge in [0.15, 0.2) is 5.82 Å². The third-order valence-electron chi connectivity index (χ3n) is 6.60. The highest BCUT2D eigenvalue weighted by Gasteiger charge is 2.42. The lowest BCUT2D eigenvalue weighted by Crippen LogP contribution is -2.52. The van der Waals surface area contributed by atoms with Crippen LogP contribution in [-0.4, -0.2) is 68.3 Å². The Balaban J connectivity index is 1.60. The van der Waals surface area contributed by atoms with Gasteiger partial charge < -0.3 is 26.0 Å². The molecule has 2 aliphatic heterocycles. The van der Waals surface area contributed by atoms with Crippen LogP contribution < -0.4 is 11.1 Å². The number of nitrogens with two attached hydrogens (primary N) is 1. The minimum Gasteiger partial charge on any atom is -0.465 e. The van der Waals surface area contributed by atoms with E-state index in [1.807, 2.05) is 0 Å². The largest absolute Gasteiger partial charge is 0.465 e. The van der Waals surface area contributed by atoms with Gasteiger partial charge >= 0.3 is 6.09 Å². The van der Waals surface area contributed by atoms with Crippen molar-refractivity contribution in [3.8, 4) is 6.07 Å². The molecule has 11 nitrogen and oxygen atoms in total. The van der Waals surface area contributed by atoms with Crippen LogP contribution in [0.2, 0.25) is 0 Å². The van der Waals surface area contributed by atoms with Crippen LogP contribution >= 0.6 is 0 Å². The predicted molar refractivity (Wildman–Crippen MR) is 122 cm³/mol. The number of nitrogens with one attached hydrogen (secondary N) is 1. The average molecular weight is 484 g/mol. The zero-order valence-corrected chi connectivity index (χ0v) is 18.9. The molecule has 3 amide bonds. The van der Waals surface area contributed by atoms with Crippen molar-refractivity contribution in [2.24, 2.45) is 11.7 Å². The minimum absolute atomic E-state index is 0.0300. The number of carbonyl (C=O) groups is 3. The number of anilines is 2. The molecule has 184 valence electrons. The molecule has 1 unspecified atom stereocenters. The lowest BCUT2D eigenvalue weighted by Gasteiger charge is -2.41. The van der Waals surface area contributed by atoms with E-state index in [1.54, 1.807) is 4.90 Å². The number of piperidine rings is 1. The van der Waals surface area contributed by atoms with Gasteiger partial charge in [0.05, 0.1) is 24.1 Å². The Bertz CT molecular complexity index is 1160. The Labute approximate surface area is 200 Å². The molecule has 1 aromatic carbocycles. The minimum atomic E-state index is -1.13. The Morgan fingerprint density at radius 2 is 2.03 bits per heavy atom. The molecule has 35 heavy (non-hydrogen) atoms. The maximum Gasteiger partial charge on any atom is 0.407 e. The fourth-order valence-electron chi connectivity index (χ4n) is 4.84. The molecule has 0 aliphatic carbocycles. The van der Waals surface area contributed by atoms with Gasteiger partial charge in [-0.1, -0.05) is 0 Å². The summed E-state index contributed by atoms with van der Waals surface area (Å²) in [6.07, 6.45) is 2.18. The first-order valence-electron chi connectivity index (χ1n) is 11.4. The fraction of sp³-hybridized carbons (Fsp3) is 0.435. The molecule has 0 saturated carbocycles. The number of carbonyl (C=O) groups excluding carboxylic acids is 2. The number of aromatic nitrogens is 2. The van der Waals surface area contributed by atoms with Crippen molar-refractivity contribution >= 4 is 29.4 Å². The van der Waals surface area contributed by atoms with Gasteiger partial charge in [-0.3, -0.25) is 14.3 Å². The smallest absolute Gasteiger partial charge is 0.407 e. The Hall–Kier alpha value is -4.14. The van der Waals surface area contributed by atoms with Gasteiger partial charge in [0.25, 0.3) is 5.91 Å². The zero-order chi connectivity index (χ0) is 25.1. The van der Waals surface area contributed by atoms with E-state index in [-0.39, 0.29) is 23.8 Å². The highest BCUT2D eigenvalue weighted by Crippen LogP contribution is 2.36. The monoisotopic (exact) mass is 483 g/mol. The van der Waals surface area contributed by atoms with Crippen LogP contribution in [0.3, 0.4) is 0 Å². The second-order valence-corrected chi connectivity index (χ2v) is 8.69. The summed E-state index contributed by atoms with van der Waals surface area (Å²) < 4.78 is 14.7. The summed E-state index contributed by atoms with van der Waals surface area (Å²) in [5.41, 5.74) is 6.12. The molecule has 2 fully saturated rings. The number of nitriles is 1. The molecule has 3 heterocycles. The van der Waals surface area contributed by atoms with Gasteiger partial charge in [-0.25, -0.2) is 9.18 Å². The van der Waals surface area contributed by atoms with E-state index in [0.29, 0.717) is 38.0 Å². The number of primary amides is 1. The van der Waals surface area contributed by atoms with Crippen molar-refractivity contribution in [3.63, 3.8) is 0 Å². The molecule has 12 heteroatoms. The molecule has 0 radical (unpaired) electrons. The number of likely N-dealkylation sites (tertiary alicyclic amines) is 2. The first-order valence-corrected chi connectivity index (χ1v) is 11.4. The van der Waals surface area contributed by atoms with Crippen LogP contribution in [0.4, 0.5) is 20.7 Å². The van der Waals surface area contributed by atoms with Crippen LogP contribution in [0.5, 0.6) is 0 Å². The first kappa shape index (κ1) is 24.0. The summed E-state index contributed by atoms with van der Waals surface area (Å²) in [7, 11) is 0. The van der Waals surface area contributed by atoms with Crippen molar-refractivity contribution in [1.29, 1.82) is 5.26 Å². The standard InChI is InChI=1S/C23H26FN7O4/c24-14-3-5-15(6-4-14)27-22-17(21(26)33)13-31(28-22)19-8-11-30(23(34)35)18(16(19)12-25)7-10-29-9-1-2-20(29)32/h3-6,13,16,18-19H,1-2,7-11H2,(H2,26,33)(H,27,28)(H,34,35)/t16-,18?,19-/m0/s1. The van der Waals surface area contributed by atoms with Crippen molar-refractivity contribution < 1.29 is 23.9 Å². The van der Waals surface area contributed by atoms with Crippen LogP contribution in [0, 0.1) is 23.1 Å². The van der Waals surface area contributed by atoms with Crippen molar-refractivity contribution in [2.45, 2.75) is 37.8 Å². The number of rotatable bonds is 7. The predicted octanol–water partition coefficient (Wildman–Crippen LogP) is 2.31. The molecule has 4 N–H and O–H groups in total. The van der Waals surface area contributed by atoms with Crippen molar-refractivity contribution in [3.05, 3.63) is 41.8 Å². The van der Waals surface area contributed by atoms with Crippen molar-refractivity contribution in [1.82, 2.24) is 19.6 Å². The lowest BCUT2D eigenvalue weighted by molar-refractivity contribution is -0.127. The number of hydrogen-bond donors (Lipinski definition) is 3. The molecular formula is C23H26FN7O4. The number of amides is 3. The zero-order valence-electron chi connectivity index (χ0n) is 18.9. The quantitative estimate of drug-likeness (QED) is 0.545. The maximum atomic E-state index is 13.3. The summed E-state index contributed by atoms with van der Waals surface area (Å²) in [4.78, 5) is 39.0. The Morgan fingerprint density at radius 3 is 2.63 bits per heavy atom. The second kappa shape index (κ2) is 10.0. The van der Waals surface area contributed by atoms with E-state index >= 15 is 0 Å². The van der Waals surface area contributed by atoms with Gasteiger partial charge in [0, 0.05) is 37.9 Å². The highest BCUT2D eigenvalue weighted by atomic mass is 19.1. The highest BCUT2D eigenvalue weighted by molar-refractivity contribution is 5.98. The van der Waals surface area contributed by atoms with Gasteiger partial charge in [-0.05, 0) is 43.5 Å².